The highest BCUT2D eigenvalue weighted by Crippen LogP contribution is 2.39. The predicted octanol–water partition coefficient (Wildman–Crippen LogP) is 3.78. The summed E-state index contributed by atoms with van der Waals surface area (Å²) < 4.78 is 41.7. The lowest BCUT2D eigenvalue weighted by Crippen LogP contribution is -2.47. The van der Waals surface area contributed by atoms with Crippen molar-refractivity contribution in [3.8, 4) is 5.75 Å². The molecule has 192 valence electrons. The van der Waals surface area contributed by atoms with Crippen LogP contribution >= 0.6 is 11.3 Å². The number of carboxylic acid groups (broad SMARTS) is 1. The lowest BCUT2D eigenvalue weighted by Gasteiger charge is -2.37. The Morgan fingerprint density at radius 1 is 1.23 bits per heavy atom. The maximum atomic E-state index is 12.9. The van der Waals surface area contributed by atoms with Crippen LogP contribution in [-0.2, 0) is 14.4 Å². The third kappa shape index (κ3) is 8.06. The van der Waals surface area contributed by atoms with Gasteiger partial charge in [-0.25, -0.2) is 4.98 Å². The van der Waals surface area contributed by atoms with E-state index in [2.05, 4.69) is 20.4 Å². The van der Waals surface area contributed by atoms with Gasteiger partial charge in [0.25, 0.3) is 0 Å². The molecule has 0 spiro atoms. The third-order valence-corrected chi connectivity index (χ3v) is 6.87. The molecule has 1 aliphatic rings. The van der Waals surface area contributed by atoms with E-state index >= 15 is 0 Å². The van der Waals surface area contributed by atoms with Gasteiger partial charge in [-0.1, -0.05) is 30.6 Å². The largest absolute Gasteiger partial charge is 0.573 e. The van der Waals surface area contributed by atoms with Crippen molar-refractivity contribution in [2.24, 2.45) is 11.1 Å². The number of halogens is 3. The molecule has 9 nitrogen and oxygen atoms in total. The molecule has 35 heavy (non-hydrogen) atoms. The quantitative estimate of drug-likeness (QED) is 0.376. The number of hydrogen-bond acceptors (Lipinski definition) is 7. The molecular weight excluding hydrogens is 489 g/mol. The van der Waals surface area contributed by atoms with Crippen molar-refractivity contribution in [1.29, 1.82) is 0 Å². The van der Waals surface area contributed by atoms with Gasteiger partial charge >= 0.3 is 12.3 Å². The van der Waals surface area contributed by atoms with Crippen molar-refractivity contribution >= 4 is 44.5 Å². The summed E-state index contributed by atoms with van der Waals surface area (Å²) in [4.78, 5) is 40.1. The number of fused-ring (bicyclic) bond motifs is 1. The molecule has 1 unspecified atom stereocenters. The van der Waals surface area contributed by atoms with E-state index in [0.717, 1.165) is 49.5 Å². The molecule has 5 N–H and O–H groups in total. The average molecular weight is 517 g/mol. The van der Waals surface area contributed by atoms with E-state index in [1.807, 2.05) is 0 Å². The average Bonchev–Trinajstić information content (AvgIpc) is 3.16. The van der Waals surface area contributed by atoms with E-state index < -0.39 is 29.7 Å². The Hall–Kier alpha value is -2.93. The summed E-state index contributed by atoms with van der Waals surface area (Å²) in [6, 6.07) is 2.80. The summed E-state index contributed by atoms with van der Waals surface area (Å²) in [6.07, 6.45) is -0.609. The van der Waals surface area contributed by atoms with Crippen LogP contribution in [-0.4, -0.2) is 46.8 Å². The zero-order valence-corrected chi connectivity index (χ0v) is 19.6. The number of aromatic nitrogens is 1. The lowest BCUT2D eigenvalue weighted by atomic mass is 9.71. The van der Waals surface area contributed by atoms with Gasteiger partial charge in [-0.05, 0) is 36.8 Å². The fraction of sp³-hybridized carbons (Fsp3) is 0.545. The second-order valence-electron chi connectivity index (χ2n) is 8.74. The molecule has 1 atom stereocenters. The van der Waals surface area contributed by atoms with Gasteiger partial charge in [0, 0.05) is 25.5 Å². The second-order valence-corrected chi connectivity index (χ2v) is 9.77. The normalized spacial score (nSPS) is 16.5. The van der Waals surface area contributed by atoms with Gasteiger partial charge in [-0.2, -0.15) is 0 Å². The van der Waals surface area contributed by atoms with Crippen LogP contribution in [0.2, 0.25) is 0 Å². The highest BCUT2D eigenvalue weighted by Gasteiger charge is 2.35. The van der Waals surface area contributed by atoms with Crippen LogP contribution in [0.25, 0.3) is 10.2 Å². The van der Waals surface area contributed by atoms with Crippen LogP contribution in [0.4, 0.5) is 18.3 Å². The smallest absolute Gasteiger partial charge is 0.481 e. The third-order valence-electron chi connectivity index (χ3n) is 5.93. The number of anilines is 1. The first-order chi connectivity index (χ1) is 16.4. The number of hydrogen-bond donors (Lipinski definition) is 4. The number of carboxylic acids is 1. The number of amides is 2. The van der Waals surface area contributed by atoms with Crippen molar-refractivity contribution in [3.05, 3.63) is 18.2 Å². The number of carbonyl (C=O) groups excluding carboxylic acids is 2. The van der Waals surface area contributed by atoms with Crippen molar-refractivity contribution in [2.45, 2.75) is 63.8 Å². The zero-order chi connectivity index (χ0) is 25.6. The number of thiazole rings is 1. The number of nitrogens with zero attached hydrogens (tertiary/aromatic N) is 1. The van der Waals surface area contributed by atoms with E-state index in [4.69, 9.17) is 10.8 Å². The Labute approximate surface area is 203 Å². The fourth-order valence-electron chi connectivity index (χ4n) is 4.19. The minimum atomic E-state index is -4.81. The van der Waals surface area contributed by atoms with E-state index in [0.29, 0.717) is 10.2 Å². The van der Waals surface area contributed by atoms with Gasteiger partial charge in [0.2, 0.25) is 11.8 Å². The first-order valence-corrected chi connectivity index (χ1v) is 12.0. The van der Waals surface area contributed by atoms with Crippen molar-refractivity contribution in [2.75, 3.05) is 11.9 Å². The number of nitrogens with two attached hydrogens (primary N) is 1. The molecule has 1 aliphatic carbocycles. The monoisotopic (exact) mass is 516 g/mol. The molecule has 13 heteroatoms. The number of nitrogens with one attached hydrogen (secondary N) is 2. The minimum Gasteiger partial charge on any atom is -0.481 e. The number of aliphatic carboxylic acids is 1. The molecule has 1 aromatic heterocycles. The van der Waals surface area contributed by atoms with Gasteiger partial charge in [-0.3, -0.25) is 14.4 Å². The van der Waals surface area contributed by atoms with Crippen LogP contribution in [0.5, 0.6) is 5.75 Å². The SMILES string of the molecule is NC(CCC(=O)O)C(=O)NCC1(CC(=O)Nc2nc3ccc(OC(F)(F)F)cc3s2)CCCCC1. The summed E-state index contributed by atoms with van der Waals surface area (Å²) in [7, 11) is 0. The summed E-state index contributed by atoms with van der Waals surface area (Å²) in [5.74, 6) is -2.18. The predicted molar refractivity (Wildman–Crippen MR) is 123 cm³/mol. The molecule has 2 aromatic rings. The molecule has 0 aliphatic heterocycles. The molecule has 0 saturated heterocycles. The number of carbonyl (C=O) groups is 3. The standard InChI is InChI=1S/C22H27F3N4O5S/c23-22(24,25)34-13-4-6-15-16(10-13)35-20(28-15)29-17(30)11-21(8-2-1-3-9-21)12-27-19(33)14(26)5-7-18(31)32/h4,6,10,14H,1-3,5,7-9,11-12,26H2,(H,27,33)(H,31,32)(H,28,29,30). The van der Waals surface area contributed by atoms with Crippen LogP contribution < -0.4 is 21.1 Å². The van der Waals surface area contributed by atoms with Gasteiger partial charge in [-0.15, -0.1) is 13.2 Å². The summed E-state index contributed by atoms with van der Waals surface area (Å²) in [5.41, 5.74) is 5.72. The molecule has 1 saturated carbocycles. The second kappa shape index (κ2) is 11.2. The number of rotatable bonds is 10. The van der Waals surface area contributed by atoms with E-state index in [-0.39, 0.29) is 42.6 Å². The number of benzene rings is 1. The molecular formula is C22H27F3N4O5S. The van der Waals surface area contributed by atoms with Crippen LogP contribution in [0.15, 0.2) is 18.2 Å². The molecule has 1 aromatic carbocycles. The molecule has 0 bridgehead atoms. The summed E-state index contributed by atoms with van der Waals surface area (Å²) in [5, 5.41) is 14.5. The maximum absolute atomic E-state index is 12.9. The topological polar surface area (TPSA) is 144 Å². The number of ether oxygens (including phenoxy) is 1. The van der Waals surface area contributed by atoms with Crippen molar-refractivity contribution in [3.63, 3.8) is 0 Å². The Kier molecular flexibility index (Phi) is 8.54. The first-order valence-electron chi connectivity index (χ1n) is 11.2. The summed E-state index contributed by atoms with van der Waals surface area (Å²) >= 11 is 1.03. The van der Waals surface area contributed by atoms with E-state index in [1.165, 1.54) is 12.1 Å². The minimum absolute atomic E-state index is 0.0159. The number of alkyl halides is 3. The highest BCUT2D eigenvalue weighted by molar-refractivity contribution is 7.22. The van der Waals surface area contributed by atoms with E-state index in [9.17, 15) is 27.6 Å². The van der Waals surface area contributed by atoms with E-state index in [1.54, 1.807) is 0 Å². The molecule has 3 rings (SSSR count). The Bertz CT molecular complexity index is 1070. The fourth-order valence-corrected chi connectivity index (χ4v) is 5.10. The Morgan fingerprint density at radius 3 is 2.60 bits per heavy atom. The van der Waals surface area contributed by atoms with Gasteiger partial charge < -0.3 is 26.2 Å². The summed E-state index contributed by atoms with van der Waals surface area (Å²) in [6.45, 7) is 0.234. The van der Waals surface area contributed by atoms with Crippen LogP contribution in [0.1, 0.15) is 51.4 Å². The lowest BCUT2D eigenvalue weighted by molar-refractivity contribution is -0.274. The van der Waals surface area contributed by atoms with Crippen LogP contribution in [0.3, 0.4) is 0 Å². The van der Waals surface area contributed by atoms with Crippen molar-refractivity contribution in [1.82, 2.24) is 10.3 Å². The molecule has 1 fully saturated rings. The van der Waals surface area contributed by atoms with Gasteiger partial charge in [0.1, 0.15) is 5.75 Å². The first kappa shape index (κ1) is 26.7. The highest BCUT2D eigenvalue weighted by atomic mass is 32.1. The van der Waals surface area contributed by atoms with Gasteiger partial charge in [0.15, 0.2) is 5.13 Å². The van der Waals surface area contributed by atoms with Gasteiger partial charge in [0.05, 0.1) is 16.3 Å². The molecule has 2 amide bonds. The van der Waals surface area contributed by atoms with Crippen LogP contribution in [0, 0.1) is 5.41 Å². The molecule has 1 heterocycles. The maximum Gasteiger partial charge on any atom is 0.573 e. The Balaban J connectivity index is 1.62. The van der Waals surface area contributed by atoms with Crippen molar-refractivity contribution < 1.29 is 37.4 Å². The Morgan fingerprint density at radius 2 is 1.94 bits per heavy atom. The zero-order valence-electron chi connectivity index (χ0n) is 18.8. The molecule has 0 radical (unpaired) electrons.